The molecule has 1 aromatic heterocycles. The SMILES string of the molecule is O=C(O)CCc1ccc(-c2ccc(Br)cc2)n1-c1cccc(Br)c1. The molecule has 0 fully saturated rings. The summed E-state index contributed by atoms with van der Waals surface area (Å²) in [5, 5.41) is 9.01. The Labute approximate surface area is 157 Å². The molecule has 0 amide bonds. The molecule has 0 bridgehead atoms. The molecule has 3 nitrogen and oxygen atoms in total. The number of hydrogen-bond acceptors (Lipinski definition) is 1. The van der Waals surface area contributed by atoms with Crippen LogP contribution >= 0.6 is 31.9 Å². The topological polar surface area (TPSA) is 42.2 Å². The van der Waals surface area contributed by atoms with Crippen LogP contribution in [0, 0.1) is 0 Å². The number of carboxylic acid groups (broad SMARTS) is 1. The van der Waals surface area contributed by atoms with Gasteiger partial charge in [0.05, 0.1) is 12.1 Å². The number of hydrogen-bond donors (Lipinski definition) is 1. The third kappa shape index (κ3) is 3.79. The third-order valence-electron chi connectivity index (χ3n) is 3.76. The van der Waals surface area contributed by atoms with Crippen molar-refractivity contribution in [2.75, 3.05) is 0 Å². The number of halogens is 2. The number of aryl methyl sites for hydroxylation is 1. The molecule has 24 heavy (non-hydrogen) atoms. The van der Waals surface area contributed by atoms with Crippen LogP contribution in [0.5, 0.6) is 0 Å². The summed E-state index contributed by atoms with van der Waals surface area (Å²) in [6.07, 6.45) is 0.593. The highest BCUT2D eigenvalue weighted by Crippen LogP contribution is 2.29. The van der Waals surface area contributed by atoms with E-state index >= 15 is 0 Å². The van der Waals surface area contributed by atoms with Gasteiger partial charge in [-0.2, -0.15) is 0 Å². The first kappa shape index (κ1) is 17.0. The lowest BCUT2D eigenvalue weighted by Crippen LogP contribution is -2.05. The summed E-state index contributed by atoms with van der Waals surface area (Å²) in [7, 11) is 0. The van der Waals surface area contributed by atoms with E-state index in [1.54, 1.807) is 0 Å². The van der Waals surface area contributed by atoms with E-state index in [0.29, 0.717) is 6.42 Å². The Morgan fingerprint density at radius 3 is 2.38 bits per heavy atom. The molecule has 0 unspecified atom stereocenters. The lowest BCUT2D eigenvalue weighted by Gasteiger charge is -2.14. The molecule has 0 saturated carbocycles. The lowest BCUT2D eigenvalue weighted by atomic mass is 10.1. The highest BCUT2D eigenvalue weighted by Gasteiger charge is 2.13. The maximum atomic E-state index is 11.0. The minimum Gasteiger partial charge on any atom is -0.481 e. The molecule has 3 aromatic rings. The van der Waals surface area contributed by atoms with Crippen molar-refractivity contribution in [2.45, 2.75) is 12.8 Å². The first-order valence-corrected chi connectivity index (χ1v) is 9.07. The summed E-state index contributed by atoms with van der Waals surface area (Å²) < 4.78 is 4.13. The molecule has 0 spiro atoms. The third-order valence-corrected chi connectivity index (χ3v) is 4.79. The zero-order chi connectivity index (χ0) is 17.1. The van der Waals surface area contributed by atoms with Crippen LogP contribution in [0.15, 0.2) is 69.6 Å². The van der Waals surface area contributed by atoms with Crippen molar-refractivity contribution in [3.05, 3.63) is 75.3 Å². The van der Waals surface area contributed by atoms with E-state index in [1.807, 2.05) is 48.5 Å². The molecule has 1 heterocycles. The molecule has 0 saturated heterocycles. The Balaban J connectivity index is 2.12. The second kappa shape index (κ2) is 7.36. The largest absolute Gasteiger partial charge is 0.481 e. The summed E-state index contributed by atoms with van der Waals surface area (Å²) in [6.45, 7) is 0. The Morgan fingerprint density at radius 2 is 1.71 bits per heavy atom. The summed E-state index contributed by atoms with van der Waals surface area (Å²) in [5.74, 6) is -0.790. The maximum Gasteiger partial charge on any atom is 0.303 e. The van der Waals surface area contributed by atoms with Crippen LogP contribution in [-0.4, -0.2) is 15.6 Å². The van der Waals surface area contributed by atoms with Crippen molar-refractivity contribution >= 4 is 37.8 Å². The van der Waals surface area contributed by atoms with Crippen molar-refractivity contribution in [3.8, 4) is 16.9 Å². The molecule has 0 atom stereocenters. The number of benzene rings is 2. The minimum atomic E-state index is -0.790. The number of aromatic nitrogens is 1. The number of carbonyl (C=O) groups is 1. The van der Waals surface area contributed by atoms with Gasteiger partial charge in [-0.05, 0) is 54.4 Å². The first-order chi connectivity index (χ1) is 11.5. The van der Waals surface area contributed by atoms with Gasteiger partial charge in [0.2, 0.25) is 0 Å². The van der Waals surface area contributed by atoms with E-state index in [0.717, 1.165) is 31.6 Å². The fourth-order valence-corrected chi connectivity index (χ4v) is 3.33. The maximum absolute atomic E-state index is 11.0. The Bertz CT molecular complexity index is 869. The standard InChI is InChI=1S/C19H15Br2NO2/c20-14-6-4-13(5-7-14)18-10-8-16(9-11-19(23)24)22(18)17-3-1-2-15(21)12-17/h1-8,10,12H,9,11H2,(H,23,24). The fraction of sp³-hybridized carbons (Fsp3) is 0.105. The monoisotopic (exact) mass is 447 g/mol. The second-order valence-electron chi connectivity index (χ2n) is 5.43. The molecular weight excluding hydrogens is 434 g/mol. The Hall–Kier alpha value is -1.85. The Morgan fingerprint density at radius 1 is 0.958 bits per heavy atom. The van der Waals surface area contributed by atoms with Gasteiger partial charge in [0.25, 0.3) is 0 Å². The van der Waals surface area contributed by atoms with Gasteiger partial charge in [-0.15, -0.1) is 0 Å². The van der Waals surface area contributed by atoms with Gasteiger partial charge in [-0.25, -0.2) is 0 Å². The average Bonchev–Trinajstić information content (AvgIpc) is 2.97. The van der Waals surface area contributed by atoms with Crippen LogP contribution in [-0.2, 0) is 11.2 Å². The van der Waals surface area contributed by atoms with E-state index in [1.165, 1.54) is 0 Å². The number of nitrogens with zero attached hydrogens (tertiary/aromatic N) is 1. The average molecular weight is 449 g/mol. The summed E-state index contributed by atoms with van der Waals surface area (Å²) in [5.41, 5.74) is 4.11. The van der Waals surface area contributed by atoms with Crippen LogP contribution in [0.2, 0.25) is 0 Å². The van der Waals surface area contributed by atoms with Gasteiger partial charge in [0.1, 0.15) is 0 Å². The van der Waals surface area contributed by atoms with Gasteiger partial charge < -0.3 is 9.67 Å². The van der Waals surface area contributed by atoms with Crippen molar-refractivity contribution in [2.24, 2.45) is 0 Å². The molecule has 0 aliphatic heterocycles. The van der Waals surface area contributed by atoms with E-state index in [2.05, 4.69) is 48.6 Å². The van der Waals surface area contributed by atoms with Gasteiger partial charge in [-0.3, -0.25) is 4.79 Å². The van der Waals surface area contributed by atoms with Crippen LogP contribution in [0.4, 0.5) is 0 Å². The Kier molecular flexibility index (Phi) is 5.21. The molecule has 3 rings (SSSR count). The van der Waals surface area contributed by atoms with Crippen molar-refractivity contribution in [3.63, 3.8) is 0 Å². The predicted molar refractivity (Wildman–Crippen MR) is 103 cm³/mol. The molecule has 0 aliphatic carbocycles. The highest BCUT2D eigenvalue weighted by molar-refractivity contribution is 9.10. The molecule has 5 heteroatoms. The van der Waals surface area contributed by atoms with Gasteiger partial charge in [0, 0.05) is 20.3 Å². The number of rotatable bonds is 5. The van der Waals surface area contributed by atoms with Crippen LogP contribution < -0.4 is 0 Å². The normalized spacial score (nSPS) is 10.8. The minimum absolute atomic E-state index is 0.109. The van der Waals surface area contributed by atoms with Crippen molar-refractivity contribution in [1.29, 1.82) is 0 Å². The van der Waals surface area contributed by atoms with Crippen molar-refractivity contribution < 1.29 is 9.90 Å². The molecule has 0 radical (unpaired) electrons. The van der Waals surface area contributed by atoms with Gasteiger partial charge in [-0.1, -0.05) is 50.1 Å². The van der Waals surface area contributed by atoms with Crippen LogP contribution in [0.1, 0.15) is 12.1 Å². The molecule has 122 valence electrons. The second-order valence-corrected chi connectivity index (χ2v) is 7.26. The molecule has 2 aromatic carbocycles. The van der Waals surface area contributed by atoms with E-state index < -0.39 is 5.97 Å². The van der Waals surface area contributed by atoms with E-state index in [9.17, 15) is 4.79 Å². The summed E-state index contributed by atoms with van der Waals surface area (Å²) >= 11 is 6.97. The quantitative estimate of drug-likeness (QED) is 0.544. The molecule has 1 N–H and O–H groups in total. The molecule has 0 aliphatic rings. The first-order valence-electron chi connectivity index (χ1n) is 7.49. The number of aliphatic carboxylic acids is 1. The summed E-state index contributed by atoms with van der Waals surface area (Å²) in [4.78, 5) is 11.0. The fourth-order valence-electron chi connectivity index (χ4n) is 2.68. The van der Waals surface area contributed by atoms with Crippen molar-refractivity contribution in [1.82, 2.24) is 4.57 Å². The van der Waals surface area contributed by atoms with Crippen LogP contribution in [0.3, 0.4) is 0 Å². The smallest absolute Gasteiger partial charge is 0.303 e. The predicted octanol–water partition coefficient (Wildman–Crippen LogP) is 5.69. The van der Waals surface area contributed by atoms with E-state index in [4.69, 9.17) is 5.11 Å². The van der Waals surface area contributed by atoms with Gasteiger partial charge >= 0.3 is 5.97 Å². The molecular formula is C19H15Br2NO2. The van der Waals surface area contributed by atoms with E-state index in [-0.39, 0.29) is 6.42 Å². The van der Waals surface area contributed by atoms with Gasteiger partial charge in [0.15, 0.2) is 0 Å². The zero-order valence-electron chi connectivity index (χ0n) is 12.7. The lowest BCUT2D eigenvalue weighted by molar-refractivity contribution is -0.136. The van der Waals surface area contributed by atoms with Crippen LogP contribution in [0.25, 0.3) is 16.9 Å². The highest BCUT2D eigenvalue weighted by atomic mass is 79.9. The zero-order valence-corrected chi connectivity index (χ0v) is 15.9. The number of carboxylic acids is 1. The summed E-state index contributed by atoms with van der Waals surface area (Å²) in [6, 6.07) is 20.2.